The highest BCUT2D eigenvalue weighted by molar-refractivity contribution is 9.10. The molecule has 3 aromatic rings. The van der Waals surface area contributed by atoms with Crippen LogP contribution in [-0.2, 0) is 32.3 Å². The Morgan fingerprint density at radius 3 is 2.33 bits per heavy atom. The lowest BCUT2D eigenvalue weighted by atomic mass is 10.1. The lowest BCUT2D eigenvalue weighted by molar-refractivity contribution is -0.139. The molecule has 0 aliphatic carbocycles. The van der Waals surface area contributed by atoms with Crippen LogP contribution in [0.4, 0.5) is 18.9 Å². The number of rotatable bonds is 12. The zero-order valence-corrected chi connectivity index (χ0v) is 26.0. The van der Waals surface area contributed by atoms with Crippen LogP contribution in [0.1, 0.15) is 37.8 Å². The first-order chi connectivity index (χ1) is 19.8. The highest BCUT2D eigenvalue weighted by atomic mass is 79.9. The number of unbranched alkanes of at least 4 members (excludes halogenated alkanes) is 1. The van der Waals surface area contributed by atoms with Crippen molar-refractivity contribution >= 4 is 55.1 Å². The van der Waals surface area contributed by atoms with Gasteiger partial charge in [0.25, 0.3) is 10.0 Å². The summed E-state index contributed by atoms with van der Waals surface area (Å²) in [4.78, 5) is 27.9. The fraction of sp³-hybridized carbons (Fsp3) is 0.310. The smallest absolute Gasteiger partial charge is 0.354 e. The van der Waals surface area contributed by atoms with E-state index in [2.05, 4.69) is 21.2 Å². The van der Waals surface area contributed by atoms with E-state index < -0.39 is 56.9 Å². The zero-order valence-electron chi connectivity index (χ0n) is 22.9. The van der Waals surface area contributed by atoms with Gasteiger partial charge in [-0.1, -0.05) is 71.2 Å². The standard InChI is InChI=1S/C29H30BrClF3N3O4S/c1-3-4-15-35-28(39)20(2)36(18-21-9-8-10-22(30)16-21)27(38)19-37(42(40,41)24-11-6-5-7-12-24)23-13-14-26(31)25(17-23)29(32,33)34/h5-14,16-17,20H,3-4,15,18-19H2,1-2H3,(H,35,39)/t20-/m0/s1. The second-order valence-corrected chi connectivity index (χ2v) is 12.6. The molecule has 0 fully saturated rings. The van der Waals surface area contributed by atoms with Gasteiger partial charge in [-0.15, -0.1) is 0 Å². The van der Waals surface area contributed by atoms with Crippen LogP contribution in [0.5, 0.6) is 0 Å². The molecule has 1 N–H and O–H groups in total. The Balaban J connectivity index is 2.08. The fourth-order valence-electron chi connectivity index (χ4n) is 4.08. The normalized spacial score (nSPS) is 12.5. The number of carbonyl (C=O) groups excluding carboxylic acids is 2. The maximum atomic E-state index is 13.9. The average molecular weight is 689 g/mol. The number of anilines is 1. The van der Waals surface area contributed by atoms with Gasteiger partial charge in [0.2, 0.25) is 11.8 Å². The predicted octanol–water partition coefficient (Wildman–Crippen LogP) is 6.65. The number of benzene rings is 3. The van der Waals surface area contributed by atoms with E-state index in [4.69, 9.17) is 11.6 Å². The number of nitrogens with zero attached hydrogens (tertiary/aromatic N) is 2. The largest absolute Gasteiger partial charge is 0.417 e. The Morgan fingerprint density at radius 2 is 1.71 bits per heavy atom. The molecule has 0 radical (unpaired) electrons. The molecule has 0 bridgehead atoms. The van der Waals surface area contributed by atoms with E-state index in [-0.39, 0.29) is 11.4 Å². The first-order valence-electron chi connectivity index (χ1n) is 13.0. The molecule has 3 rings (SSSR count). The fourth-order valence-corrected chi connectivity index (χ4v) is 6.18. The summed E-state index contributed by atoms with van der Waals surface area (Å²) in [6, 6.07) is 15.7. The van der Waals surface area contributed by atoms with Gasteiger partial charge in [0.15, 0.2) is 0 Å². The van der Waals surface area contributed by atoms with E-state index in [1.54, 1.807) is 30.3 Å². The first kappa shape index (κ1) is 33.4. The van der Waals surface area contributed by atoms with Crippen molar-refractivity contribution in [2.75, 3.05) is 17.4 Å². The second kappa shape index (κ2) is 14.4. The molecule has 3 aromatic carbocycles. The maximum absolute atomic E-state index is 13.9. The maximum Gasteiger partial charge on any atom is 0.417 e. The summed E-state index contributed by atoms with van der Waals surface area (Å²) in [5, 5.41) is 2.15. The Morgan fingerprint density at radius 1 is 1.02 bits per heavy atom. The van der Waals surface area contributed by atoms with Crippen molar-refractivity contribution in [2.24, 2.45) is 0 Å². The summed E-state index contributed by atoms with van der Waals surface area (Å²) in [5.41, 5.74) is -1.02. The van der Waals surface area contributed by atoms with Gasteiger partial charge >= 0.3 is 6.18 Å². The highest BCUT2D eigenvalue weighted by Crippen LogP contribution is 2.38. The molecule has 0 unspecified atom stereocenters. The molecule has 0 saturated carbocycles. The van der Waals surface area contributed by atoms with Gasteiger partial charge in [0.05, 0.1) is 21.2 Å². The van der Waals surface area contributed by atoms with E-state index in [9.17, 15) is 31.2 Å². The van der Waals surface area contributed by atoms with Gasteiger partial charge in [0.1, 0.15) is 12.6 Å². The van der Waals surface area contributed by atoms with Crippen LogP contribution in [0.15, 0.2) is 82.2 Å². The summed E-state index contributed by atoms with van der Waals surface area (Å²) in [6.07, 6.45) is -3.32. The Kier molecular flexibility index (Phi) is 11.4. The molecular formula is C29H30BrClF3N3O4S. The van der Waals surface area contributed by atoms with E-state index in [1.807, 2.05) is 6.92 Å². The highest BCUT2D eigenvalue weighted by Gasteiger charge is 2.37. The summed E-state index contributed by atoms with van der Waals surface area (Å²) >= 11 is 9.17. The van der Waals surface area contributed by atoms with Gasteiger partial charge in [0, 0.05) is 17.6 Å². The third-order valence-electron chi connectivity index (χ3n) is 6.39. The van der Waals surface area contributed by atoms with E-state index in [0.29, 0.717) is 22.5 Å². The molecule has 0 aromatic heterocycles. The number of nitrogens with one attached hydrogen (secondary N) is 1. The molecule has 0 aliphatic heterocycles. The lowest BCUT2D eigenvalue weighted by Crippen LogP contribution is -2.51. The minimum absolute atomic E-state index is 0.0612. The Labute approximate surface area is 256 Å². The van der Waals surface area contributed by atoms with Crippen molar-refractivity contribution in [1.29, 1.82) is 0 Å². The van der Waals surface area contributed by atoms with Crippen LogP contribution in [0, 0.1) is 0 Å². The quantitative estimate of drug-likeness (QED) is 0.216. The van der Waals surface area contributed by atoms with Crippen molar-refractivity contribution in [3.63, 3.8) is 0 Å². The number of halogens is 5. The molecule has 1 atom stereocenters. The molecular weight excluding hydrogens is 659 g/mol. The molecule has 42 heavy (non-hydrogen) atoms. The van der Waals surface area contributed by atoms with Gasteiger partial charge in [-0.25, -0.2) is 8.42 Å². The molecule has 13 heteroatoms. The van der Waals surface area contributed by atoms with Crippen LogP contribution in [0.3, 0.4) is 0 Å². The number of amides is 2. The second-order valence-electron chi connectivity index (χ2n) is 9.46. The third-order valence-corrected chi connectivity index (χ3v) is 9.00. The number of hydrogen-bond acceptors (Lipinski definition) is 4. The van der Waals surface area contributed by atoms with Gasteiger partial charge < -0.3 is 10.2 Å². The minimum atomic E-state index is -4.88. The monoisotopic (exact) mass is 687 g/mol. The zero-order chi connectivity index (χ0) is 31.1. The van der Waals surface area contributed by atoms with Crippen molar-refractivity contribution in [3.8, 4) is 0 Å². The van der Waals surface area contributed by atoms with Gasteiger partial charge in [-0.2, -0.15) is 13.2 Å². The van der Waals surface area contributed by atoms with E-state index >= 15 is 0 Å². The van der Waals surface area contributed by atoms with Crippen LogP contribution in [0.2, 0.25) is 5.02 Å². The van der Waals surface area contributed by atoms with Crippen molar-refractivity contribution in [3.05, 3.63) is 93.4 Å². The Hall–Kier alpha value is -3.09. The van der Waals surface area contributed by atoms with E-state index in [1.165, 1.54) is 36.1 Å². The molecule has 7 nitrogen and oxygen atoms in total. The van der Waals surface area contributed by atoms with Crippen LogP contribution in [0.25, 0.3) is 0 Å². The summed E-state index contributed by atoms with van der Waals surface area (Å²) in [7, 11) is -4.53. The molecule has 0 heterocycles. The third kappa shape index (κ3) is 8.48. The number of sulfonamides is 1. The topological polar surface area (TPSA) is 86.8 Å². The number of carbonyl (C=O) groups is 2. The van der Waals surface area contributed by atoms with Gasteiger partial charge in [-0.05, 0) is 61.4 Å². The molecule has 0 saturated heterocycles. The summed E-state index contributed by atoms with van der Waals surface area (Å²) in [6.45, 7) is 2.92. The van der Waals surface area contributed by atoms with Crippen molar-refractivity contribution < 1.29 is 31.2 Å². The predicted molar refractivity (Wildman–Crippen MR) is 159 cm³/mol. The first-order valence-corrected chi connectivity index (χ1v) is 15.6. The number of alkyl halides is 3. The van der Waals surface area contributed by atoms with Crippen LogP contribution >= 0.6 is 27.5 Å². The average Bonchev–Trinajstić information content (AvgIpc) is 2.94. The molecule has 2 amide bonds. The molecule has 0 aliphatic rings. The van der Waals surface area contributed by atoms with Gasteiger partial charge in [-0.3, -0.25) is 13.9 Å². The van der Waals surface area contributed by atoms with E-state index in [0.717, 1.165) is 29.4 Å². The minimum Gasteiger partial charge on any atom is -0.354 e. The summed E-state index contributed by atoms with van der Waals surface area (Å²) < 4.78 is 70.0. The van der Waals surface area contributed by atoms with Crippen LogP contribution < -0.4 is 9.62 Å². The van der Waals surface area contributed by atoms with Crippen molar-refractivity contribution in [1.82, 2.24) is 10.2 Å². The van der Waals surface area contributed by atoms with Crippen LogP contribution in [-0.4, -0.2) is 44.3 Å². The SMILES string of the molecule is CCCCNC(=O)[C@H](C)N(Cc1cccc(Br)c1)C(=O)CN(c1ccc(Cl)c(C(F)(F)F)c1)S(=O)(=O)c1ccccc1. The molecule has 226 valence electrons. The van der Waals surface area contributed by atoms with Crippen molar-refractivity contribution in [2.45, 2.75) is 50.3 Å². The summed E-state index contributed by atoms with van der Waals surface area (Å²) in [5.74, 6) is -1.24. The lowest BCUT2D eigenvalue weighted by Gasteiger charge is -2.32. The number of hydrogen-bond donors (Lipinski definition) is 1. The Bertz CT molecular complexity index is 1510. The molecule has 0 spiro atoms.